The van der Waals surface area contributed by atoms with Gasteiger partial charge in [-0.25, -0.2) is 19.5 Å². The number of hydrogen-bond donors (Lipinski definition) is 4. The molecule has 0 aliphatic carbocycles. The van der Waals surface area contributed by atoms with E-state index in [1.54, 1.807) is 6.07 Å². The van der Waals surface area contributed by atoms with Crippen LogP contribution in [0.15, 0.2) is 24.5 Å². The Morgan fingerprint density at radius 3 is 3.20 bits per heavy atom. The van der Waals surface area contributed by atoms with Crippen molar-refractivity contribution in [2.24, 2.45) is 5.92 Å². The fourth-order valence-electron chi connectivity index (χ4n) is 2.86. The first-order valence-electron chi connectivity index (χ1n) is 7.83. The highest BCUT2D eigenvalue weighted by atomic mass is 19.1. The fraction of sp³-hybridized carbons (Fsp3) is 0.357. The second kappa shape index (κ2) is 6.53. The summed E-state index contributed by atoms with van der Waals surface area (Å²) in [4.78, 5) is 19.8. The van der Waals surface area contributed by atoms with Gasteiger partial charge in [0.15, 0.2) is 0 Å². The van der Waals surface area contributed by atoms with Crippen molar-refractivity contribution in [1.82, 2.24) is 46.3 Å². The van der Waals surface area contributed by atoms with Crippen molar-refractivity contribution in [1.29, 1.82) is 0 Å². The lowest BCUT2D eigenvalue weighted by atomic mass is 10.1. The maximum atomic E-state index is 13.2. The number of amides is 1. The Morgan fingerprint density at radius 2 is 2.36 bits per heavy atom. The molecule has 1 saturated heterocycles. The maximum Gasteiger partial charge on any atom is 0.228 e. The summed E-state index contributed by atoms with van der Waals surface area (Å²) >= 11 is 0. The Morgan fingerprint density at radius 1 is 1.44 bits per heavy atom. The Balaban J connectivity index is 1.35. The Labute approximate surface area is 141 Å². The van der Waals surface area contributed by atoms with E-state index < -0.39 is 0 Å². The number of imidazole rings is 1. The molecule has 1 aliphatic heterocycles. The number of aromatic amines is 1. The summed E-state index contributed by atoms with van der Waals surface area (Å²) < 4.78 is 14.7. The molecular formula is C14H16FN9O. The summed E-state index contributed by atoms with van der Waals surface area (Å²) in [6.07, 6.45) is 1.63. The average Bonchev–Trinajstić information content (AvgIpc) is 3.33. The largest absolute Gasteiger partial charge is 0.355 e. The topological polar surface area (TPSA) is 125 Å². The minimum atomic E-state index is -0.343. The summed E-state index contributed by atoms with van der Waals surface area (Å²) in [7, 11) is 0. The molecule has 11 heteroatoms. The van der Waals surface area contributed by atoms with Gasteiger partial charge in [-0.05, 0) is 28.6 Å². The summed E-state index contributed by atoms with van der Waals surface area (Å²) in [5.74, 6) is -0.0695. The molecule has 2 atom stereocenters. The lowest BCUT2D eigenvalue weighted by Gasteiger charge is -2.17. The van der Waals surface area contributed by atoms with Crippen LogP contribution in [0.4, 0.5) is 4.39 Å². The Hall–Kier alpha value is -2.92. The number of H-pyrrole nitrogens is 1. The van der Waals surface area contributed by atoms with E-state index in [1.807, 2.05) is 0 Å². The van der Waals surface area contributed by atoms with Crippen molar-refractivity contribution in [3.63, 3.8) is 0 Å². The van der Waals surface area contributed by atoms with E-state index in [9.17, 15) is 9.18 Å². The summed E-state index contributed by atoms with van der Waals surface area (Å²) in [6.45, 7) is 0.889. The van der Waals surface area contributed by atoms with E-state index in [1.165, 1.54) is 23.1 Å². The highest BCUT2D eigenvalue weighted by molar-refractivity contribution is 5.79. The molecule has 25 heavy (non-hydrogen) atoms. The minimum Gasteiger partial charge on any atom is -0.355 e. The number of halogens is 1. The van der Waals surface area contributed by atoms with Crippen LogP contribution in [-0.2, 0) is 11.2 Å². The van der Waals surface area contributed by atoms with Crippen molar-refractivity contribution in [3.8, 4) is 0 Å². The number of aromatic nitrogens is 6. The number of carbonyl (C=O) groups is 1. The van der Waals surface area contributed by atoms with Gasteiger partial charge in [-0.2, -0.15) is 0 Å². The van der Waals surface area contributed by atoms with Crippen molar-refractivity contribution in [2.45, 2.75) is 12.6 Å². The average molecular weight is 345 g/mol. The van der Waals surface area contributed by atoms with Crippen LogP contribution in [0.1, 0.15) is 12.0 Å². The van der Waals surface area contributed by atoms with Crippen molar-refractivity contribution in [3.05, 3.63) is 36.2 Å². The molecule has 4 N–H and O–H groups in total. The van der Waals surface area contributed by atoms with Crippen molar-refractivity contribution < 1.29 is 9.18 Å². The van der Waals surface area contributed by atoms with Gasteiger partial charge in [0.05, 0.1) is 17.0 Å². The van der Waals surface area contributed by atoms with Crippen molar-refractivity contribution >= 4 is 16.9 Å². The highest BCUT2D eigenvalue weighted by Gasteiger charge is 2.34. The predicted octanol–water partition coefficient (Wildman–Crippen LogP) is -0.730. The summed E-state index contributed by atoms with van der Waals surface area (Å²) in [5, 5.41) is 13.9. The van der Waals surface area contributed by atoms with Crippen LogP contribution in [0.5, 0.6) is 0 Å². The Kier molecular flexibility index (Phi) is 4.07. The number of nitrogens with zero attached hydrogens (tertiary/aromatic N) is 5. The summed E-state index contributed by atoms with van der Waals surface area (Å²) in [5.41, 5.74) is 7.26. The normalized spacial score (nSPS) is 20.2. The fourth-order valence-corrected chi connectivity index (χ4v) is 2.86. The molecule has 2 aromatic heterocycles. The van der Waals surface area contributed by atoms with E-state index >= 15 is 0 Å². The maximum absolute atomic E-state index is 13.2. The lowest BCUT2D eigenvalue weighted by molar-refractivity contribution is -0.125. The third-order valence-electron chi connectivity index (χ3n) is 4.09. The number of hydrogen-bond acceptors (Lipinski definition) is 7. The first-order chi connectivity index (χ1) is 12.2. The molecule has 10 nitrogen and oxygen atoms in total. The standard InChI is InChI=1S/C14H16FN9O/c15-8-1-2-10-11(5-8)20-12(19-10)3-4-16-14(25)9-6-17-21-13(9)24-7-18-22-23-24/h1-2,5,7,9,13,17,21H,3-4,6H2,(H,16,25)(H,19,20). The van der Waals surface area contributed by atoms with Crippen LogP contribution in [0.2, 0.25) is 0 Å². The molecule has 3 aromatic rings. The van der Waals surface area contributed by atoms with E-state index in [0.29, 0.717) is 36.4 Å². The van der Waals surface area contributed by atoms with Gasteiger partial charge < -0.3 is 10.3 Å². The predicted molar refractivity (Wildman–Crippen MR) is 84.2 cm³/mol. The van der Waals surface area contributed by atoms with Crippen LogP contribution in [0, 0.1) is 11.7 Å². The van der Waals surface area contributed by atoms with Gasteiger partial charge in [0.1, 0.15) is 24.1 Å². The molecular weight excluding hydrogens is 329 g/mol. The first-order valence-corrected chi connectivity index (χ1v) is 7.83. The van der Waals surface area contributed by atoms with Gasteiger partial charge in [-0.15, -0.1) is 5.10 Å². The van der Waals surface area contributed by atoms with E-state index in [-0.39, 0.29) is 23.8 Å². The first kappa shape index (κ1) is 15.6. The molecule has 130 valence electrons. The zero-order chi connectivity index (χ0) is 17.2. The molecule has 1 fully saturated rings. The van der Waals surface area contributed by atoms with Gasteiger partial charge in [-0.1, -0.05) is 0 Å². The monoisotopic (exact) mass is 345 g/mol. The number of nitrogens with one attached hydrogen (secondary N) is 4. The van der Waals surface area contributed by atoms with Crippen LogP contribution in [0.3, 0.4) is 0 Å². The molecule has 4 rings (SSSR count). The molecule has 1 aliphatic rings. The quantitative estimate of drug-likeness (QED) is 0.480. The van der Waals surface area contributed by atoms with Gasteiger partial charge in [0.2, 0.25) is 5.91 Å². The number of carbonyl (C=O) groups excluding carboxylic acids is 1. The molecule has 0 bridgehead atoms. The summed E-state index contributed by atoms with van der Waals surface area (Å²) in [6, 6.07) is 4.39. The van der Waals surface area contributed by atoms with Crippen LogP contribution < -0.4 is 16.2 Å². The number of rotatable bonds is 5. The SMILES string of the molecule is O=C(NCCc1nc2ccc(F)cc2[nH]1)C1CNNC1n1cnnn1. The van der Waals surface area contributed by atoms with E-state index in [4.69, 9.17) is 0 Å². The molecule has 1 aromatic carbocycles. The van der Waals surface area contributed by atoms with E-state index in [0.717, 1.165) is 0 Å². The van der Waals surface area contributed by atoms with Crippen molar-refractivity contribution in [2.75, 3.05) is 13.1 Å². The van der Waals surface area contributed by atoms with Gasteiger partial charge in [0.25, 0.3) is 0 Å². The highest BCUT2D eigenvalue weighted by Crippen LogP contribution is 2.17. The second-order valence-corrected chi connectivity index (χ2v) is 5.75. The number of fused-ring (bicyclic) bond motifs is 1. The lowest BCUT2D eigenvalue weighted by Crippen LogP contribution is -2.38. The number of tetrazole rings is 1. The van der Waals surface area contributed by atoms with Crippen LogP contribution in [0.25, 0.3) is 11.0 Å². The zero-order valence-electron chi connectivity index (χ0n) is 13.1. The van der Waals surface area contributed by atoms with Gasteiger partial charge in [0, 0.05) is 19.5 Å². The molecule has 3 heterocycles. The van der Waals surface area contributed by atoms with Gasteiger partial charge >= 0.3 is 0 Å². The zero-order valence-corrected chi connectivity index (χ0v) is 13.1. The third-order valence-corrected chi connectivity index (χ3v) is 4.09. The van der Waals surface area contributed by atoms with Crippen LogP contribution in [-0.4, -0.2) is 49.2 Å². The van der Waals surface area contributed by atoms with Gasteiger partial charge in [-0.3, -0.25) is 10.2 Å². The smallest absolute Gasteiger partial charge is 0.228 e. The molecule has 0 radical (unpaired) electrons. The van der Waals surface area contributed by atoms with E-state index in [2.05, 4.69) is 41.7 Å². The number of hydrazine groups is 1. The molecule has 0 saturated carbocycles. The third kappa shape index (κ3) is 3.19. The second-order valence-electron chi connectivity index (χ2n) is 5.75. The number of benzene rings is 1. The molecule has 2 unspecified atom stereocenters. The van der Waals surface area contributed by atoms with Crippen LogP contribution >= 0.6 is 0 Å². The molecule has 0 spiro atoms. The minimum absolute atomic E-state index is 0.111. The Bertz CT molecular complexity index is 878. The molecule has 1 amide bonds.